The molecular formula is C18H33N3O3. The lowest BCUT2D eigenvalue weighted by Crippen LogP contribution is -2.48. The number of ether oxygens (including phenoxy) is 3. The van der Waals surface area contributed by atoms with Gasteiger partial charge in [0, 0.05) is 45.8 Å². The highest BCUT2D eigenvalue weighted by Gasteiger charge is 2.24. The molecule has 138 valence electrons. The molecular weight excluding hydrogens is 306 g/mol. The van der Waals surface area contributed by atoms with Crippen LogP contribution in [0, 0.1) is 5.92 Å². The summed E-state index contributed by atoms with van der Waals surface area (Å²) >= 11 is 0. The van der Waals surface area contributed by atoms with Crippen LogP contribution in [-0.2, 0) is 14.2 Å². The predicted octanol–water partition coefficient (Wildman–Crippen LogP) is 1.65. The number of likely N-dealkylation sites (tertiary alicyclic amines) is 1. The van der Waals surface area contributed by atoms with Gasteiger partial charge < -0.3 is 24.4 Å². The van der Waals surface area contributed by atoms with Crippen molar-refractivity contribution in [3.8, 4) is 0 Å². The maximum atomic E-state index is 6.10. The predicted molar refractivity (Wildman–Crippen MR) is 94.4 cm³/mol. The first-order valence-electron chi connectivity index (χ1n) is 9.61. The molecule has 0 amide bonds. The Hall–Kier alpha value is -0.850. The van der Waals surface area contributed by atoms with Gasteiger partial charge in [0.1, 0.15) is 0 Å². The number of aliphatic imine (C=N–C) groups is 1. The standard InChI is InChI=1S/C18H33N3O3/c1-19-18(20-12-15-7-11-22-13-15)21-8-5-16(6-9-21)24-14-17-4-2-3-10-23-17/h15-17H,2-14H2,1H3,(H,19,20). The molecule has 0 bridgehead atoms. The van der Waals surface area contributed by atoms with E-state index in [-0.39, 0.29) is 0 Å². The average Bonchev–Trinajstić information content (AvgIpc) is 3.16. The fourth-order valence-corrected chi connectivity index (χ4v) is 3.73. The lowest BCUT2D eigenvalue weighted by atomic mass is 10.1. The topological polar surface area (TPSA) is 55.3 Å². The Morgan fingerprint density at radius 3 is 2.71 bits per heavy atom. The highest BCUT2D eigenvalue weighted by Crippen LogP contribution is 2.18. The summed E-state index contributed by atoms with van der Waals surface area (Å²) in [6.07, 6.45) is 7.62. The lowest BCUT2D eigenvalue weighted by Gasteiger charge is -2.35. The van der Waals surface area contributed by atoms with Crippen LogP contribution in [-0.4, -0.2) is 76.2 Å². The maximum absolute atomic E-state index is 6.10. The van der Waals surface area contributed by atoms with Gasteiger partial charge in [-0.2, -0.15) is 0 Å². The minimum absolute atomic E-state index is 0.319. The number of rotatable bonds is 5. The Bertz CT molecular complexity index is 385. The molecule has 0 aromatic rings. The molecule has 3 fully saturated rings. The van der Waals surface area contributed by atoms with Crippen molar-refractivity contribution >= 4 is 5.96 Å². The monoisotopic (exact) mass is 339 g/mol. The zero-order valence-electron chi connectivity index (χ0n) is 15.0. The molecule has 24 heavy (non-hydrogen) atoms. The van der Waals surface area contributed by atoms with E-state index in [4.69, 9.17) is 14.2 Å². The molecule has 0 aromatic carbocycles. The van der Waals surface area contributed by atoms with Crippen LogP contribution in [0.25, 0.3) is 0 Å². The SMILES string of the molecule is CN=C(NCC1CCOC1)N1CCC(OCC2CCCCO2)CC1. The van der Waals surface area contributed by atoms with Crippen molar-refractivity contribution in [2.24, 2.45) is 10.9 Å². The van der Waals surface area contributed by atoms with Crippen LogP contribution in [0.5, 0.6) is 0 Å². The highest BCUT2D eigenvalue weighted by atomic mass is 16.5. The van der Waals surface area contributed by atoms with Crippen molar-refractivity contribution in [1.29, 1.82) is 0 Å². The van der Waals surface area contributed by atoms with Crippen LogP contribution in [0.3, 0.4) is 0 Å². The first kappa shape index (κ1) is 18.0. The van der Waals surface area contributed by atoms with Crippen LogP contribution in [0.4, 0.5) is 0 Å². The summed E-state index contributed by atoms with van der Waals surface area (Å²) in [5.41, 5.74) is 0. The second-order valence-electron chi connectivity index (χ2n) is 7.17. The van der Waals surface area contributed by atoms with E-state index >= 15 is 0 Å². The Balaban J connectivity index is 1.33. The number of guanidine groups is 1. The third-order valence-electron chi connectivity index (χ3n) is 5.32. The molecule has 0 radical (unpaired) electrons. The molecule has 0 aliphatic carbocycles. The van der Waals surface area contributed by atoms with E-state index in [9.17, 15) is 0 Å². The first-order chi connectivity index (χ1) is 11.8. The van der Waals surface area contributed by atoms with E-state index in [1.807, 2.05) is 7.05 Å². The van der Waals surface area contributed by atoms with Crippen LogP contribution < -0.4 is 5.32 Å². The molecule has 3 aliphatic heterocycles. The van der Waals surface area contributed by atoms with Crippen LogP contribution in [0.1, 0.15) is 38.5 Å². The summed E-state index contributed by atoms with van der Waals surface area (Å²) in [7, 11) is 1.87. The molecule has 3 aliphatic rings. The minimum atomic E-state index is 0.319. The molecule has 6 nitrogen and oxygen atoms in total. The van der Waals surface area contributed by atoms with Gasteiger partial charge in [-0.3, -0.25) is 4.99 Å². The van der Waals surface area contributed by atoms with Gasteiger partial charge in [-0.05, 0) is 38.5 Å². The van der Waals surface area contributed by atoms with Crippen LogP contribution >= 0.6 is 0 Å². The van der Waals surface area contributed by atoms with Crippen molar-refractivity contribution < 1.29 is 14.2 Å². The van der Waals surface area contributed by atoms with Crippen molar-refractivity contribution in [3.63, 3.8) is 0 Å². The summed E-state index contributed by atoms with van der Waals surface area (Å²) in [4.78, 5) is 6.80. The van der Waals surface area contributed by atoms with E-state index in [2.05, 4.69) is 15.2 Å². The molecule has 0 aromatic heterocycles. The average molecular weight is 339 g/mol. The van der Waals surface area contributed by atoms with E-state index in [1.54, 1.807) is 0 Å². The van der Waals surface area contributed by atoms with Gasteiger partial charge in [0.05, 0.1) is 25.4 Å². The molecule has 2 unspecified atom stereocenters. The quantitative estimate of drug-likeness (QED) is 0.610. The summed E-state index contributed by atoms with van der Waals surface area (Å²) in [5.74, 6) is 1.65. The van der Waals surface area contributed by atoms with E-state index in [0.29, 0.717) is 18.1 Å². The van der Waals surface area contributed by atoms with Gasteiger partial charge in [-0.25, -0.2) is 0 Å². The van der Waals surface area contributed by atoms with Gasteiger partial charge in [0.15, 0.2) is 5.96 Å². The third kappa shape index (κ3) is 5.33. The van der Waals surface area contributed by atoms with Gasteiger partial charge in [0.2, 0.25) is 0 Å². The summed E-state index contributed by atoms with van der Waals surface area (Å²) < 4.78 is 17.3. The lowest BCUT2D eigenvalue weighted by molar-refractivity contribution is -0.0721. The molecule has 3 heterocycles. The molecule has 6 heteroatoms. The smallest absolute Gasteiger partial charge is 0.193 e. The number of nitrogens with one attached hydrogen (secondary N) is 1. The summed E-state index contributed by atoms with van der Waals surface area (Å²) in [6, 6.07) is 0. The fourth-order valence-electron chi connectivity index (χ4n) is 3.73. The number of hydrogen-bond donors (Lipinski definition) is 1. The Kier molecular flexibility index (Phi) is 7.17. The van der Waals surface area contributed by atoms with E-state index in [0.717, 1.165) is 77.7 Å². The van der Waals surface area contributed by atoms with Crippen molar-refractivity contribution in [2.75, 3.05) is 53.1 Å². The summed E-state index contributed by atoms with van der Waals surface area (Å²) in [6.45, 7) is 6.43. The van der Waals surface area contributed by atoms with E-state index < -0.39 is 0 Å². The number of nitrogens with zero attached hydrogens (tertiary/aromatic N) is 2. The third-order valence-corrected chi connectivity index (χ3v) is 5.32. The molecule has 1 N–H and O–H groups in total. The fraction of sp³-hybridized carbons (Fsp3) is 0.944. The van der Waals surface area contributed by atoms with Crippen molar-refractivity contribution in [1.82, 2.24) is 10.2 Å². The maximum Gasteiger partial charge on any atom is 0.193 e. The first-order valence-corrected chi connectivity index (χ1v) is 9.61. The van der Waals surface area contributed by atoms with Crippen LogP contribution in [0.2, 0.25) is 0 Å². The normalized spacial score (nSPS) is 29.9. The van der Waals surface area contributed by atoms with Gasteiger partial charge in [0.25, 0.3) is 0 Å². The molecule has 0 spiro atoms. The number of piperidine rings is 1. The second-order valence-corrected chi connectivity index (χ2v) is 7.17. The Morgan fingerprint density at radius 2 is 2.04 bits per heavy atom. The van der Waals surface area contributed by atoms with Crippen molar-refractivity contribution in [2.45, 2.75) is 50.7 Å². The zero-order chi connectivity index (χ0) is 16.6. The molecule has 0 saturated carbocycles. The largest absolute Gasteiger partial charge is 0.381 e. The van der Waals surface area contributed by atoms with E-state index in [1.165, 1.54) is 12.8 Å². The minimum Gasteiger partial charge on any atom is -0.381 e. The molecule has 2 atom stereocenters. The highest BCUT2D eigenvalue weighted by molar-refractivity contribution is 5.79. The summed E-state index contributed by atoms with van der Waals surface area (Å²) in [5, 5.41) is 3.51. The van der Waals surface area contributed by atoms with Gasteiger partial charge >= 0.3 is 0 Å². The number of hydrogen-bond acceptors (Lipinski definition) is 4. The van der Waals surface area contributed by atoms with Crippen LogP contribution in [0.15, 0.2) is 4.99 Å². The molecule has 3 saturated heterocycles. The van der Waals surface area contributed by atoms with Gasteiger partial charge in [-0.15, -0.1) is 0 Å². The van der Waals surface area contributed by atoms with Gasteiger partial charge in [-0.1, -0.05) is 0 Å². The molecule has 3 rings (SSSR count). The Labute approximate surface area is 145 Å². The Morgan fingerprint density at radius 1 is 1.17 bits per heavy atom. The zero-order valence-corrected chi connectivity index (χ0v) is 15.0. The van der Waals surface area contributed by atoms with Crippen molar-refractivity contribution in [3.05, 3.63) is 0 Å². The second kappa shape index (κ2) is 9.59.